The normalized spacial score (nSPS) is 13.6. The van der Waals surface area contributed by atoms with E-state index in [1.54, 1.807) is 6.07 Å². The zero-order valence-electron chi connectivity index (χ0n) is 12.3. The Hall–Kier alpha value is -2.55. The molecule has 0 radical (unpaired) electrons. The number of esters is 1. The SMILES string of the molecule is COC(=O)c1cnc(NC(=O)Cn2nc(C3CC3)ccc2=O)s1. The third kappa shape index (κ3) is 3.62. The molecule has 1 amide bonds. The van der Waals surface area contributed by atoms with Crippen molar-refractivity contribution in [1.29, 1.82) is 0 Å². The molecule has 0 aromatic carbocycles. The predicted octanol–water partition coefficient (Wildman–Crippen LogP) is 1.00. The average molecular weight is 334 g/mol. The van der Waals surface area contributed by atoms with Crippen LogP contribution in [0, 0.1) is 0 Å². The van der Waals surface area contributed by atoms with Crippen LogP contribution < -0.4 is 10.9 Å². The van der Waals surface area contributed by atoms with Crippen molar-refractivity contribution in [3.63, 3.8) is 0 Å². The van der Waals surface area contributed by atoms with E-state index in [-0.39, 0.29) is 22.1 Å². The highest BCUT2D eigenvalue weighted by atomic mass is 32.1. The van der Waals surface area contributed by atoms with E-state index in [0.717, 1.165) is 34.6 Å². The topological polar surface area (TPSA) is 103 Å². The first-order chi connectivity index (χ1) is 11.1. The van der Waals surface area contributed by atoms with Gasteiger partial charge in [0.05, 0.1) is 19.0 Å². The summed E-state index contributed by atoms with van der Waals surface area (Å²) in [6.45, 7) is -0.202. The van der Waals surface area contributed by atoms with E-state index in [1.165, 1.54) is 19.4 Å². The van der Waals surface area contributed by atoms with Crippen molar-refractivity contribution < 1.29 is 14.3 Å². The van der Waals surface area contributed by atoms with Crippen molar-refractivity contribution in [2.24, 2.45) is 0 Å². The molecule has 23 heavy (non-hydrogen) atoms. The Morgan fingerprint density at radius 3 is 2.91 bits per heavy atom. The minimum atomic E-state index is -0.516. The Kier molecular flexibility index (Phi) is 4.20. The van der Waals surface area contributed by atoms with Gasteiger partial charge in [-0.05, 0) is 18.9 Å². The molecule has 0 saturated heterocycles. The Morgan fingerprint density at radius 2 is 2.22 bits per heavy atom. The van der Waals surface area contributed by atoms with E-state index in [4.69, 9.17) is 0 Å². The van der Waals surface area contributed by atoms with E-state index in [2.05, 4.69) is 20.1 Å². The Balaban J connectivity index is 1.67. The molecule has 1 fully saturated rings. The van der Waals surface area contributed by atoms with Crippen molar-refractivity contribution in [2.45, 2.75) is 25.3 Å². The number of methoxy groups -OCH3 is 1. The second-order valence-electron chi connectivity index (χ2n) is 5.10. The predicted molar refractivity (Wildman–Crippen MR) is 82.6 cm³/mol. The fourth-order valence-electron chi connectivity index (χ4n) is 2.00. The number of thiazole rings is 1. The number of carbonyl (C=O) groups is 2. The van der Waals surface area contributed by atoms with Crippen LogP contribution in [0.25, 0.3) is 0 Å². The minimum absolute atomic E-state index is 0.202. The zero-order valence-corrected chi connectivity index (χ0v) is 13.1. The lowest BCUT2D eigenvalue weighted by molar-refractivity contribution is -0.117. The minimum Gasteiger partial charge on any atom is -0.465 e. The van der Waals surface area contributed by atoms with Crippen LogP contribution in [0.1, 0.15) is 34.1 Å². The molecule has 0 atom stereocenters. The Morgan fingerprint density at radius 1 is 1.43 bits per heavy atom. The first-order valence-corrected chi connectivity index (χ1v) is 7.80. The largest absolute Gasteiger partial charge is 0.465 e. The van der Waals surface area contributed by atoms with Crippen molar-refractivity contribution in [3.05, 3.63) is 39.3 Å². The lowest BCUT2D eigenvalue weighted by atomic mass is 10.3. The van der Waals surface area contributed by atoms with Crippen molar-refractivity contribution in [2.75, 3.05) is 12.4 Å². The van der Waals surface area contributed by atoms with Gasteiger partial charge in [0.25, 0.3) is 5.56 Å². The van der Waals surface area contributed by atoms with Crippen LogP contribution in [-0.2, 0) is 16.1 Å². The molecule has 2 aromatic rings. The number of nitrogens with zero attached hydrogens (tertiary/aromatic N) is 3. The number of ether oxygens (including phenoxy) is 1. The fraction of sp³-hybridized carbons (Fsp3) is 0.357. The van der Waals surface area contributed by atoms with Crippen LogP contribution in [0.5, 0.6) is 0 Å². The summed E-state index contributed by atoms with van der Waals surface area (Å²) in [6.07, 6.45) is 3.45. The van der Waals surface area contributed by atoms with Crippen LogP contribution in [0.2, 0.25) is 0 Å². The fourth-order valence-corrected chi connectivity index (χ4v) is 2.75. The summed E-state index contributed by atoms with van der Waals surface area (Å²) in [5.41, 5.74) is 0.499. The van der Waals surface area contributed by atoms with Crippen LogP contribution >= 0.6 is 11.3 Å². The monoisotopic (exact) mass is 334 g/mol. The highest BCUT2D eigenvalue weighted by Gasteiger charge is 2.25. The molecule has 1 saturated carbocycles. The van der Waals surface area contributed by atoms with E-state index in [1.807, 2.05) is 0 Å². The second-order valence-corrected chi connectivity index (χ2v) is 6.13. The van der Waals surface area contributed by atoms with E-state index in [0.29, 0.717) is 5.92 Å². The first-order valence-electron chi connectivity index (χ1n) is 6.99. The summed E-state index contributed by atoms with van der Waals surface area (Å²) in [5, 5.41) is 7.02. The molecule has 0 bridgehead atoms. The number of hydrogen-bond acceptors (Lipinski definition) is 7. The maximum Gasteiger partial charge on any atom is 0.349 e. The molecule has 0 spiro atoms. The number of aromatic nitrogens is 3. The molecule has 9 heteroatoms. The van der Waals surface area contributed by atoms with Gasteiger partial charge in [0.2, 0.25) is 5.91 Å². The van der Waals surface area contributed by atoms with E-state index in [9.17, 15) is 14.4 Å². The molecule has 1 aliphatic rings. The average Bonchev–Trinajstić information content (AvgIpc) is 3.28. The summed E-state index contributed by atoms with van der Waals surface area (Å²) in [7, 11) is 1.27. The van der Waals surface area contributed by atoms with Gasteiger partial charge in [-0.2, -0.15) is 5.10 Å². The maximum atomic E-state index is 12.0. The third-order valence-corrected chi connectivity index (χ3v) is 4.21. The van der Waals surface area contributed by atoms with Gasteiger partial charge in [0.1, 0.15) is 11.4 Å². The first kappa shape index (κ1) is 15.3. The molecule has 8 nitrogen and oxygen atoms in total. The lowest BCUT2D eigenvalue weighted by Gasteiger charge is -2.06. The smallest absolute Gasteiger partial charge is 0.349 e. The summed E-state index contributed by atoms with van der Waals surface area (Å²) in [6, 6.07) is 3.13. The number of amides is 1. The van der Waals surface area contributed by atoms with E-state index < -0.39 is 11.9 Å². The lowest BCUT2D eigenvalue weighted by Crippen LogP contribution is -2.29. The third-order valence-electron chi connectivity index (χ3n) is 3.31. The van der Waals surface area contributed by atoms with Gasteiger partial charge in [-0.15, -0.1) is 0 Å². The molecule has 2 aromatic heterocycles. The quantitative estimate of drug-likeness (QED) is 0.818. The Labute approximate surface area is 135 Å². The maximum absolute atomic E-state index is 12.0. The number of carbonyl (C=O) groups excluding carboxylic acids is 2. The van der Waals surface area contributed by atoms with Gasteiger partial charge < -0.3 is 10.1 Å². The Bertz CT molecular complexity index is 809. The van der Waals surface area contributed by atoms with Crippen LogP contribution in [0.3, 0.4) is 0 Å². The molecule has 1 N–H and O–H groups in total. The van der Waals surface area contributed by atoms with Crippen molar-refractivity contribution in [3.8, 4) is 0 Å². The standard InChI is InChI=1S/C14H14N4O4S/c1-22-13(21)10-6-15-14(23-10)16-11(19)7-18-12(20)5-4-9(17-18)8-2-3-8/h4-6,8H,2-3,7H2,1H3,(H,15,16,19). The van der Waals surface area contributed by atoms with Crippen LogP contribution in [0.15, 0.2) is 23.1 Å². The van der Waals surface area contributed by atoms with Crippen LogP contribution in [0.4, 0.5) is 5.13 Å². The van der Waals surface area contributed by atoms with Gasteiger partial charge in [0.15, 0.2) is 5.13 Å². The molecular formula is C14H14N4O4S. The van der Waals surface area contributed by atoms with Gasteiger partial charge in [-0.25, -0.2) is 14.5 Å². The highest BCUT2D eigenvalue weighted by molar-refractivity contribution is 7.17. The summed E-state index contributed by atoms with van der Waals surface area (Å²) in [4.78, 5) is 39.3. The molecule has 1 aliphatic carbocycles. The number of anilines is 1. The van der Waals surface area contributed by atoms with Crippen molar-refractivity contribution >= 4 is 28.3 Å². The molecule has 0 unspecified atom stereocenters. The van der Waals surface area contributed by atoms with E-state index >= 15 is 0 Å². The van der Waals surface area contributed by atoms with Crippen LogP contribution in [-0.4, -0.2) is 33.8 Å². The van der Waals surface area contributed by atoms with Gasteiger partial charge in [0, 0.05) is 12.0 Å². The molecule has 0 aliphatic heterocycles. The summed E-state index contributed by atoms with van der Waals surface area (Å²) >= 11 is 1.00. The van der Waals surface area contributed by atoms with Gasteiger partial charge >= 0.3 is 5.97 Å². The number of nitrogens with one attached hydrogen (secondary N) is 1. The molecule has 3 rings (SSSR count). The zero-order chi connectivity index (χ0) is 16.4. The summed E-state index contributed by atoms with van der Waals surface area (Å²) in [5.74, 6) is -0.553. The molecule has 2 heterocycles. The van der Waals surface area contributed by atoms with Gasteiger partial charge in [-0.3, -0.25) is 9.59 Å². The second kappa shape index (κ2) is 6.29. The van der Waals surface area contributed by atoms with Gasteiger partial charge in [-0.1, -0.05) is 11.3 Å². The summed E-state index contributed by atoms with van der Waals surface area (Å²) < 4.78 is 5.71. The molecular weight excluding hydrogens is 320 g/mol. The van der Waals surface area contributed by atoms with Crippen molar-refractivity contribution in [1.82, 2.24) is 14.8 Å². The highest BCUT2D eigenvalue weighted by Crippen LogP contribution is 2.38. The number of rotatable bonds is 5. The number of hydrogen-bond donors (Lipinski definition) is 1. The molecule has 120 valence electrons.